The molecular weight excluding hydrogens is 337 g/mol. The summed E-state index contributed by atoms with van der Waals surface area (Å²) < 4.78 is 18.7. The monoisotopic (exact) mass is 361 g/mol. The number of H-pyrrole nitrogens is 1. The molecule has 1 aliphatic heterocycles. The van der Waals surface area contributed by atoms with Gasteiger partial charge in [-0.25, -0.2) is 9.37 Å². The molecule has 2 N–H and O–H groups in total. The van der Waals surface area contributed by atoms with E-state index in [0.717, 1.165) is 19.3 Å². The topological polar surface area (TPSA) is 78.5 Å². The largest absolute Gasteiger partial charge is 0.387 e. The number of halogens is 1. The number of hydrogen-bond donors (Lipinski definition) is 2. The predicted octanol–water partition coefficient (Wildman–Crippen LogP) is 2.23. The number of nitrogens with one attached hydrogen (secondary N) is 1. The number of carbonyl (C=O) groups excluding carboxylic acids is 1. The summed E-state index contributed by atoms with van der Waals surface area (Å²) in [6.45, 7) is 3.07. The van der Waals surface area contributed by atoms with Crippen LogP contribution in [0.3, 0.4) is 0 Å². The fraction of sp³-hybridized carbons (Fsp3) is 0.579. The number of aromatic amines is 1. The van der Waals surface area contributed by atoms with Gasteiger partial charge < -0.3 is 19.7 Å². The molecule has 1 aromatic heterocycles. The van der Waals surface area contributed by atoms with E-state index in [4.69, 9.17) is 4.74 Å². The minimum atomic E-state index is -0.753. The average Bonchev–Trinajstić information content (AvgIpc) is 3.06. The molecule has 2 fully saturated rings. The fourth-order valence-electron chi connectivity index (χ4n) is 4.07. The maximum atomic E-state index is 13.2. The Labute approximate surface area is 151 Å². The van der Waals surface area contributed by atoms with Gasteiger partial charge in [0.05, 0.1) is 23.2 Å². The predicted molar refractivity (Wildman–Crippen MR) is 93.7 cm³/mol. The second-order valence-electron chi connectivity index (χ2n) is 7.63. The van der Waals surface area contributed by atoms with Crippen molar-refractivity contribution in [2.75, 3.05) is 19.7 Å². The van der Waals surface area contributed by atoms with Crippen molar-refractivity contribution in [2.45, 2.75) is 38.4 Å². The Morgan fingerprint density at radius 2 is 2.31 bits per heavy atom. The smallest absolute Gasteiger partial charge is 0.248 e. The van der Waals surface area contributed by atoms with Crippen molar-refractivity contribution in [1.29, 1.82) is 0 Å². The summed E-state index contributed by atoms with van der Waals surface area (Å²) in [6, 6.07) is 4.34. The Kier molecular flexibility index (Phi) is 4.44. The lowest BCUT2D eigenvalue weighted by Gasteiger charge is -2.41. The molecule has 0 radical (unpaired) electrons. The third kappa shape index (κ3) is 3.10. The Morgan fingerprint density at radius 1 is 1.50 bits per heavy atom. The minimum absolute atomic E-state index is 0.0567. The number of ether oxygens (including phenoxy) is 1. The number of β-amino-alcohol motifs (C(OH)–C–C–N with tert-alkyl or cyclic N) is 1. The molecule has 0 spiro atoms. The first-order chi connectivity index (χ1) is 12.5. The zero-order chi connectivity index (χ0) is 18.3. The Balaban J connectivity index is 1.31. The summed E-state index contributed by atoms with van der Waals surface area (Å²) >= 11 is 0. The van der Waals surface area contributed by atoms with Gasteiger partial charge in [0.1, 0.15) is 24.9 Å². The van der Waals surface area contributed by atoms with Crippen LogP contribution in [0.25, 0.3) is 11.0 Å². The van der Waals surface area contributed by atoms with Gasteiger partial charge in [0.15, 0.2) is 0 Å². The molecule has 6 nitrogen and oxygen atoms in total. The third-order valence-electron chi connectivity index (χ3n) is 5.91. The number of amides is 1. The maximum absolute atomic E-state index is 13.2. The van der Waals surface area contributed by atoms with Gasteiger partial charge in [-0.2, -0.15) is 0 Å². The summed E-state index contributed by atoms with van der Waals surface area (Å²) in [4.78, 5) is 21.4. The summed E-state index contributed by atoms with van der Waals surface area (Å²) in [6.07, 6.45) is 3.26. The van der Waals surface area contributed by atoms with Crippen molar-refractivity contribution in [3.05, 3.63) is 29.8 Å². The zero-order valence-corrected chi connectivity index (χ0v) is 14.9. The molecule has 2 atom stereocenters. The molecule has 1 saturated carbocycles. The van der Waals surface area contributed by atoms with Crippen molar-refractivity contribution >= 4 is 16.9 Å². The average molecular weight is 361 g/mol. The lowest BCUT2D eigenvalue weighted by molar-refractivity contribution is -0.137. The Hall–Kier alpha value is -1.99. The van der Waals surface area contributed by atoms with Crippen LogP contribution in [0.4, 0.5) is 4.39 Å². The van der Waals surface area contributed by atoms with Crippen molar-refractivity contribution in [1.82, 2.24) is 14.9 Å². The van der Waals surface area contributed by atoms with Crippen molar-refractivity contribution in [3.63, 3.8) is 0 Å². The highest BCUT2D eigenvalue weighted by Crippen LogP contribution is 2.44. The SMILES string of the molecule is CC1CN(C(=O)COCc2nc3ccc(F)cc3[nH]2)CC1(O)C1CCC1. The number of imidazole rings is 1. The summed E-state index contributed by atoms with van der Waals surface area (Å²) in [5, 5.41) is 10.9. The number of aliphatic hydroxyl groups is 1. The van der Waals surface area contributed by atoms with Crippen LogP contribution in [-0.2, 0) is 16.1 Å². The number of rotatable bonds is 5. The third-order valence-corrected chi connectivity index (χ3v) is 5.91. The van der Waals surface area contributed by atoms with Gasteiger partial charge in [-0.05, 0) is 37.0 Å². The highest BCUT2D eigenvalue weighted by atomic mass is 19.1. The quantitative estimate of drug-likeness (QED) is 0.856. The molecule has 1 aromatic carbocycles. The van der Waals surface area contributed by atoms with Crippen LogP contribution in [-0.4, -0.2) is 51.2 Å². The normalized spacial score (nSPS) is 26.4. The highest BCUT2D eigenvalue weighted by molar-refractivity contribution is 5.78. The van der Waals surface area contributed by atoms with Crippen LogP contribution in [0.5, 0.6) is 0 Å². The van der Waals surface area contributed by atoms with E-state index >= 15 is 0 Å². The van der Waals surface area contributed by atoms with Crippen LogP contribution < -0.4 is 0 Å². The molecule has 1 saturated heterocycles. The van der Waals surface area contributed by atoms with E-state index in [0.29, 0.717) is 35.9 Å². The molecule has 26 heavy (non-hydrogen) atoms. The van der Waals surface area contributed by atoms with Gasteiger partial charge >= 0.3 is 0 Å². The van der Waals surface area contributed by atoms with E-state index in [1.165, 1.54) is 12.1 Å². The van der Waals surface area contributed by atoms with Crippen molar-refractivity contribution < 1.29 is 19.0 Å². The Bertz CT molecular complexity index is 819. The fourth-order valence-corrected chi connectivity index (χ4v) is 4.07. The molecule has 0 bridgehead atoms. The van der Waals surface area contributed by atoms with Crippen molar-refractivity contribution in [2.24, 2.45) is 11.8 Å². The summed E-state index contributed by atoms with van der Waals surface area (Å²) in [5.41, 5.74) is 0.514. The van der Waals surface area contributed by atoms with Crippen LogP contribution >= 0.6 is 0 Å². The molecule has 2 aliphatic rings. The lowest BCUT2D eigenvalue weighted by Crippen LogP contribution is -2.48. The molecule has 4 rings (SSSR count). The van der Waals surface area contributed by atoms with Crippen molar-refractivity contribution in [3.8, 4) is 0 Å². The molecule has 1 aliphatic carbocycles. The summed E-state index contributed by atoms with van der Waals surface area (Å²) in [7, 11) is 0. The van der Waals surface area contributed by atoms with Gasteiger partial charge in [-0.15, -0.1) is 0 Å². The molecule has 2 aromatic rings. The molecular formula is C19H24FN3O3. The molecule has 2 heterocycles. The van der Waals surface area contributed by atoms with Crippen LogP contribution in [0.15, 0.2) is 18.2 Å². The second kappa shape index (κ2) is 6.63. The molecule has 2 unspecified atom stereocenters. The number of nitrogens with zero attached hydrogens (tertiary/aromatic N) is 2. The number of aromatic nitrogens is 2. The van der Waals surface area contributed by atoms with Gasteiger partial charge in [-0.1, -0.05) is 13.3 Å². The maximum Gasteiger partial charge on any atom is 0.248 e. The highest BCUT2D eigenvalue weighted by Gasteiger charge is 2.50. The van der Waals surface area contributed by atoms with Gasteiger partial charge in [-0.3, -0.25) is 4.79 Å². The van der Waals surface area contributed by atoms with E-state index in [1.807, 2.05) is 6.92 Å². The molecule has 140 valence electrons. The number of carbonyl (C=O) groups is 1. The van der Waals surface area contributed by atoms with E-state index in [-0.39, 0.29) is 30.9 Å². The minimum Gasteiger partial charge on any atom is -0.387 e. The second-order valence-corrected chi connectivity index (χ2v) is 7.63. The van der Waals surface area contributed by atoms with E-state index in [9.17, 15) is 14.3 Å². The lowest BCUT2D eigenvalue weighted by atomic mass is 9.69. The van der Waals surface area contributed by atoms with E-state index < -0.39 is 5.60 Å². The number of fused-ring (bicyclic) bond motifs is 1. The first-order valence-corrected chi connectivity index (χ1v) is 9.18. The first-order valence-electron chi connectivity index (χ1n) is 9.18. The number of benzene rings is 1. The first kappa shape index (κ1) is 17.4. The van der Waals surface area contributed by atoms with E-state index in [2.05, 4.69) is 9.97 Å². The number of hydrogen-bond acceptors (Lipinski definition) is 4. The Morgan fingerprint density at radius 3 is 3.04 bits per heavy atom. The number of likely N-dealkylation sites (tertiary alicyclic amines) is 1. The van der Waals surface area contributed by atoms with Crippen LogP contribution in [0, 0.1) is 17.7 Å². The van der Waals surface area contributed by atoms with Crippen LogP contribution in [0.1, 0.15) is 32.0 Å². The van der Waals surface area contributed by atoms with Gasteiger partial charge in [0.25, 0.3) is 0 Å². The zero-order valence-electron chi connectivity index (χ0n) is 14.9. The molecule has 7 heteroatoms. The van der Waals surface area contributed by atoms with E-state index in [1.54, 1.807) is 11.0 Å². The van der Waals surface area contributed by atoms with Crippen LogP contribution in [0.2, 0.25) is 0 Å². The summed E-state index contributed by atoms with van der Waals surface area (Å²) in [5.74, 6) is 0.508. The van der Waals surface area contributed by atoms with Gasteiger partial charge in [0, 0.05) is 12.5 Å². The van der Waals surface area contributed by atoms with Gasteiger partial charge in [0.2, 0.25) is 5.91 Å². The molecule has 1 amide bonds. The standard InChI is InChI=1S/C19H24FN3O3/c1-12-8-23(11-19(12,25)13-3-2-4-13)18(24)10-26-9-17-21-15-6-5-14(20)7-16(15)22-17/h5-7,12-13,25H,2-4,8-11H2,1H3,(H,21,22).